The maximum Gasteiger partial charge on any atom is 0.332 e. The Morgan fingerprint density at radius 3 is 2.37 bits per heavy atom. The number of nitrogens with one attached hydrogen (secondary N) is 2. The number of unbranched alkanes of at least 4 members (excludes halogenated alkanes) is 5. The molecule has 4 N–H and O–H groups in total. The van der Waals surface area contributed by atoms with Crippen LogP contribution in [0.25, 0.3) is 0 Å². The molecule has 0 aromatic carbocycles. The van der Waals surface area contributed by atoms with E-state index in [2.05, 4.69) is 22.8 Å². The van der Waals surface area contributed by atoms with Crippen molar-refractivity contribution in [3.05, 3.63) is 0 Å². The lowest BCUT2D eigenvalue weighted by molar-refractivity contribution is -0.119. The van der Waals surface area contributed by atoms with Gasteiger partial charge in [-0.1, -0.05) is 39.0 Å². The zero-order valence-electron chi connectivity index (χ0n) is 12.0. The number of carbonyl (C=O) groups excluding carboxylic acids is 2. The number of nitrogens with zero attached hydrogens (tertiary/aromatic N) is 1. The first kappa shape index (κ1) is 17.4. The second kappa shape index (κ2) is 11.5. The summed E-state index contributed by atoms with van der Waals surface area (Å²) in [5.41, 5.74) is 7.48. The molecule has 0 unspecified atom stereocenters. The fraction of sp³-hybridized carbons (Fsp3) is 0.769. The van der Waals surface area contributed by atoms with E-state index in [1.54, 1.807) is 6.92 Å². The molecule has 0 aliphatic rings. The summed E-state index contributed by atoms with van der Waals surface area (Å²) in [7, 11) is 0. The van der Waals surface area contributed by atoms with Crippen LogP contribution in [-0.2, 0) is 4.79 Å². The summed E-state index contributed by atoms with van der Waals surface area (Å²) >= 11 is 0. The van der Waals surface area contributed by atoms with Gasteiger partial charge >= 0.3 is 6.03 Å². The van der Waals surface area contributed by atoms with Crippen LogP contribution in [0, 0.1) is 0 Å². The number of primary amides is 1. The molecule has 0 bridgehead atoms. The minimum atomic E-state index is -0.730. The average Bonchev–Trinajstić information content (AvgIpc) is 2.35. The molecule has 0 aromatic heterocycles. The highest BCUT2D eigenvalue weighted by atomic mass is 16.2. The second-order valence-corrected chi connectivity index (χ2v) is 4.62. The Balaban J connectivity index is 3.53. The molecule has 0 saturated heterocycles. The molecule has 0 aromatic rings. The number of hydrogen-bond donors (Lipinski definition) is 3. The number of hydrogen-bond acceptors (Lipinski definition) is 3. The third-order valence-corrected chi connectivity index (χ3v) is 2.63. The van der Waals surface area contributed by atoms with Crippen molar-refractivity contribution in [2.75, 3.05) is 6.54 Å². The molecule has 0 radical (unpaired) electrons. The first-order valence-electron chi connectivity index (χ1n) is 6.91. The smallest absolute Gasteiger partial charge is 0.332 e. The van der Waals surface area contributed by atoms with Gasteiger partial charge in [-0.3, -0.25) is 4.79 Å². The summed E-state index contributed by atoms with van der Waals surface area (Å²) in [5.74, 6) is -0.0823. The molecule has 6 heteroatoms. The lowest BCUT2D eigenvalue weighted by atomic mass is 10.1. The summed E-state index contributed by atoms with van der Waals surface area (Å²) < 4.78 is 0. The average molecular weight is 270 g/mol. The van der Waals surface area contributed by atoms with Crippen LogP contribution in [0.5, 0.6) is 0 Å². The lowest BCUT2D eigenvalue weighted by Crippen LogP contribution is -2.28. The van der Waals surface area contributed by atoms with Crippen LogP contribution in [0.2, 0.25) is 0 Å². The summed E-state index contributed by atoms with van der Waals surface area (Å²) in [6.07, 6.45) is 7.36. The summed E-state index contributed by atoms with van der Waals surface area (Å²) in [5, 5.41) is 6.50. The van der Waals surface area contributed by atoms with E-state index in [0.717, 1.165) is 12.8 Å². The Morgan fingerprint density at radius 1 is 1.11 bits per heavy atom. The minimum absolute atomic E-state index is 0.0823. The highest BCUT2D eigenvalue weighted by Gasteiger charge is 2.03. The van der Waals surface area contributed by atoms with Crippen LogP contribution in [-0.4, -0.2) is 24.2 Å². The van der Waals surface area contributed by atoms with Gasteiger partial charge in [-0.05, 0) is 13.3 Å². The molecule has 0 spiro atoms. The van der Waals surface area contributed by atoms with E-state index in [-0.39, 0.29) is 12.3 Å². The highest BCUT2D eigenvalue weighted by molar-refractivity contribution is 6.00. The molecule has 0 aliphatic heterocycles. The van der Waals surface area contributed by atoms with E-state index >= 15 is 0 Å². The number of hydrazone groups is 1. The topological polar surface area (TPSA) is 96.6 Å². The van der Waals surface area contributed by atoms with Crippen LogP contribution < -0.4 is 16.5 Å². The van der Waals surface area contributed by atoms with Gasteiger partial charge in [0.2, 0.25) is 5.91 Å². The van der Waals surface area contributed by atoms with Gasteiger partial charge in [-0.2, -0.15) is 5.10 Å². The Bertz CT molecular complexity index is 303. The molecule has 19 heavy (non-hydrogen) atoms. The summed E-state index contributed by atoms with van der Waals surface area (Å²) in [6.45, 7) is 4.55. The van der Waals surface area contributed by atoms with Crippen LogP contribution in [0.15, 0.2) is 5.10 Å². The number of rotatable bonds is 10. The predicted molar refractivity (Wildman–Crippen MR) is 76.8 cm³/mol. The lowest BCUT2D eigenvalue weighted by Gasteiger charge is -2.05. The monoisotopic (exact) mass is 270 g/mol. The molecule has 0 saturated carbocycles. The van der Waals surface area contributed by atoms with Crippen molar-refractivity contribution in [2.24, 2.45) is 10.8 Å². The Kier molecular flexibility index (Phi) is 10.5. The van der Waals surface area contributed by atoms with E-state index in [4.69, 9.17) is 5.73 Å². The first-order valence-corrected chi connectivity index (χ1v) is 6.91. The molecular weight excluding hydrogens is 244 g/mol. The van der Waals surface area contributed by atoms with Gasteiger partial charge in [0.05, 0.1) is 6.42 Å². The second-order valence-electron chi connectivity index (χ2n) is 4.62. The van der Waals surface area contributed by atoms with Crippen molar-refractivity contribution < 1.29 is 9.59 Å². The molecule has 110 valence electrons. The van der Waals surface area contributed by atoms with Crippen molar-refractivity contribution in [1.29, 1.82) is 0 Å². The van der Waals surface area contributed by atoms with Crippen molar-refractivity contribution in [3.63, 3.8) is 0 Å². The normalized spacial score (nSPS) is 11.2. The molecule has 0 aliphatic carbocycles. The molecule has 3 amide bonds. The van der Waals surface area contributed by atoms with Gasteiger partial charge < -0.3 is 11.1 Å². The van der Waals surface area contributed by atoms with Crippen molar-refractivity contribution >= 4 is 17.6 Å². The number of nitrogens with two attached hydrogens (primary N) is 1. The fourth-order valence-electron chi connectivity index (χ4n) is 1.62. The Hall–Kier alpha value is -1.59. The number of amides is 3. The predicted octanol–water partition coefficient (Wildman–Crippen LogP) is 1.90. The van der Waals surface area contributed by atoms with Crippen LogP contribution in [0.4, 0.5) is 4.79 Å². The van der Waals surface area contributed by atoms with Crippen LogP contribution in [0.1, 0.15) is 58.8 Å². The third kappa shape index (κ3) is 12.7. The van der Waals surface area contributed by atoms with Crippen molar-refractivity contribution in [2.45, 2.75) is 58.8 Å². The van der Waals surface area contributed by atoms with Crippen molar-refractivity contribution in [3.8, 4) is 0 Å². The van der Waals surface area contributed by atoms with E-state index in [9.17, 15) is 9.59 Å². The standard InChI is InChI=1S/C13H26N4O2/c1-3-4-5-6-7-8-9-15-12(18)10-11(2)16-17-13(14)19/h3-10H2,1-2H3,(H,15,18)(H3,14,17,19)/b16-11+. The molecule has 6 nitrogen and oxygen atoms in total. The SMILES string of the molecule is CCCCCCCCNC(=O)C/C(C)=N/NC(N)=O. The maximum absolute atomic E-state index is 11.5. The van der Waals surface area contributed by atoms with Crippen LogP contribution >= 0.6 is 0 Å². The molecule has 0 rings (SSSR count). The largest absolute Gasteiger partial charge is 0.356 e. The quantitative estimate of drug-likeness (QED) is 0.321. The summed E-state index contributed by atoms with van der Waals surface area (Å²) in [4.78, 5) is 21.9. The molecule has 0 atom stereocenters. The zero-order valence-corrected chi connectivity index (χ0v) is 12.0. The zero-order chi connectivity index (χ0) is 14.5. The van der Waals surface area contributed by atoms with E-state index in [1.807, 2.05) is 0 Å². The van der Waals surface area contributed by atoms with Gasteiger partial charge in [0.25, 0.3) is 0 Å². The minimum Gasteiger partial charge on any atom is -0.356 e. The number of carbonyl (C=O) groups is 2. The van der Waals surface area contributed by atoms with Gasteiger partial charge in [-0.25, -0.2) is 10.2 Å². The highest BCUT2D eigenvalue weighted by Crippen LogP contribution is 2.04. The molecular formula is C13H26N4O2. The van der Waals surface area contributed by atoms with E-state index in [1.165, 1.54) is 25.7 Å². The third-order valence-electron chi connectivity index (χ3n) is 2.63. The van der Waals surface area contributed by atoms with E-state index < -0.39 is 6.03 Å². The number of urea groups is 1. The molecule has 0 fully saturated rings. The summed E-state index contributed by atoms with van der Waals surface area (Å²) in [6, 6.07) is -0.730. The fourth-order valence-corrected chi connectivity index (χ4v) is 1.62. The van der Waals surface area contributed by atoms with Gasteiger partial charge in [0.15, 0.2) is 0 Å². The molecule has 0 heterocycles. The maximum atomic E-state index is 11.5. The first-order chi connectivity index (χ1) is 9.06. The van der Waals surface area contributed by atoms with Gasteiger partial charge in [-0.15, -0.1) is 0 Å². The Labute approximate surface area is 115 Å². The van der Waals surface area contributed by atoms with E-state index in [0.29, 0.717) is 12.3 Å². The van der Waals surface area contributed by atoms with Gasteiger partial charge in [0.1, 0.15) is 0 Å². The van der Waals surface area contributed by atoms with Gasteiger partial charge in [0, 0.05) is 12.3 Å². The van der Waals surface area contributed by atoms with Crippen molar-refractivity contribution in [1.82, 2.24) is 10.7 Å². The Morgan fingerprint density at radius 2 is 1.74 bits per heavy atom. The van der Waals surface area contributed by atoms with Crippen LogP contribution in [0.3, 0.4) is 0 Å².